The molecule has 7 nitrogen and oxygen atoms in total. The second-order valence-electron chi connectivity index (χ2n) is 7.22. The molecular formula is C22H26N6OS. The van der Waals surface area contributed by atoms with Crippen molar-refractivity contribution in [2.75, 3.05) is 6.54 Å². The molecule has 1 heterocycles. The first-order chi connectivity index (χ1) is 14.6. The Hall–Kier alpha value is -3.26. The highest BCUT2D eigenvalue weighted by atomic mass is 32.1. The van der Waals surface area contributed by atoms with E-state index in [1.165, 1.54) is 5.56 Å². The number of benzene rings is 2. The van der Waals surface area contributed by atoms with Crippen LogP contribution in [0.3, 0.4) is 0 Å². The molecule has 30 heavy (non-hydrogen) atoms. The normalized spacial score (nSPS) is 11.0. The zero-order valence-corrected chi connectivity index (χ0v) is 18.0. The molecule has 0 unspecified atom stereocenters. The molecule has 0 radical (unpaired) electrons. The van der Waals surface area contributed by atoms with E-state index >= 15 is 0 Å². The number of hydrazone groups is 1. The number of aromatic nitrogens is 3. The molecule has 0 amide bonds. The monoisotopic (exact) mass is 422 g/mol. The Labute approximate surface area is 182 Å². The van der Waals surface area contributed by atoms with E-state index in [2.05, 4.69) is 52.1 Å². The first kappa shape index (κ1) is 21.4. The van der Waals surface area contributed by atoms with Crippen molar-refractivity contribution >= 4 is 23.5 Å². The number of nitrogens with zero attached hydrogens (tertiary/aromatic N) is 4. The van der Waals surface area contributed by atoms with Crippen molar-refractivity contribution in [1.82, 2.24) is 25.7 Å². The molecule has 0 aliphatic heterocycles. The summed E-state index contributed by atoms with van der Waals surface area (Å²) in [6, 6.07) is 17.8. The van der Waals surface area contributed by atoms with Gasteiger partial charge in [0.15, 0.2) is 5.11 Å². The van der Waals surface area contributed by atoms with Gasteiger partial charge in [0.05, 0.1) is 19.0 Å². The molecule has 2 N–H and O–H groups in total. The van der Waals surface area contributed by atoms with E-state index in [1.54, 1.807) is 10.9 Å². The van der Waals surface area contributed by atoms with Crippen LogP contribution in [0.15, 0.2) is 65.9 Å². The molecule has 2 aromatic carbocycles. The maximum absolute atomic E-state index is 5.80. The molecule has 0 saturated heterocycles. The highest BCUT2D eigenvalue weighted by Gasteiger charge is 2.03. The smallest absolute Gasteiger partial charge is 0.186 e. The fourth-order valence-corrected chi connectivity index (χ4v) is 2.70. The molecule has 0 spiro atoms. The quantitative estimate of drug-likeness (QED) is 0.313. The Morgan fingerprint density at radius 2 is 1.93 bits per heavy atom. The van der Waals surface area contributed by atoms with E-state index in [9.17, 15) is 0 Å². The Morgan fingerprint density at radius 1 is 1.17 bits per heavy atom. The van der Waals surface area contributed by atoms with Crippen LogP contribution in [0.2, 0.25) is 0 Å². The summed E-state index contributed by atoms with van der Waals surface area (Å²) in [5.74, 6) is 1.28. The molecule has 0 atom stereocenters. The zero-order valence-electron chi connectivity index (χ0n) is 17.2. The van der Waals surface area contributed by atoms with Crippen LogP contribution >= 0.6 is 12.2 Å². The molecule has 0 bridgehead atoms. The van der Waals surface area contributed by atoms with Crippen molar-refractivity contribution in [3.05, 3.63) is 77.6 Å². The highest BCUT2D eigenvalue weighted by molar-refractivity contribution is 7.80. The van der Waals surface area contributed by atoms with Crippen LogP contribution in [0.1, 0.15) is 30.7 Å². The third kappa shape index (κ3) is 7.29. The van der Waals surface area contributed by atoms with E-state index in [0.29, 0.717) is 24.2 Å². The summed E-state index contributed by atoms with van der Waals surface area (Å²) in [6.45, 7) is 6.10. The zero-order chi connectivity index (χ0) is 21.2. The second kappa shape index (κ2) is 11.1. The minimum atomic E-state index is 0.361. The van der Waals surface area contributed by atoms with Gasteiger partial charge in [-0.05, 0) is 53.5 Å². The summed E-state index contributed by atoms with van der Waals surface area (Å²) in [6.07, 6.45) is 3.61. The summed E-state index contributed by atoms with van der Waals surface area (Å²) in [7, 11) is 0. The van der Waals surface area contributed by atoms with Gasteiger partial charge >= 0.3 is 0 Å². The molecule has 3 aromatic rings. The number of rotatable bonds is 9. The first-order valence-corrected chi connectivity index (χ1v) is 10.2. The van der Waals surface area contributed by atoms with Gasteiger partial charge in [-0.15, -0.1) is 5.10 Å². The van der Waals surface area contributed by atoms with Gasteiger partial charge in [0, 0.05) is 6.54 Å². The van der Waals surface area contributed by atoms with Crippen molar-refractivity contribution in [1.29, 1.82) is 0 Å². The third-order valence-electron chi connectivity index (χ3n) is 4.09. The Balaban J connectivity index is 1.43. The van der Waals surface area contributed by atoms with Gasteiger partial charge in [-0.1, -0.05) is 49.4 Å². The van der Waals surface area contributed by atoms with Gasteiger partial charge in [-0.3, -0.25) is 5.43 Å². The summed E-state index contributed by atoms with van der Waals surface area (Å²) in [5.41, 5.74) is 5.71. The van der Waals surface area contributed by atoms with Gasteiger partial charge in [0.25, 0.3) is 0 Å². The summed E-state index contributed by atoms with van der Waals surface area (Å²) >= 11 is 5.16. The van der Waals surface area contributed by atoms with Crippen molar-refractivity contribution in [3.63, 3.8) is 0 Å². The van der Waals surface area contributed by atoms with Gasteiger partial charge in [-0.2, -0.15) is 5.10 Å². The standard InChI is InChI=1S/C22H26N6OS/c1-17(2)12-23-22(30)26-24-13-18-8-10-21(11-9-18)29-16-20-15-28(27-25-20)14-19-6-4-3-5-7-19/h3-11,13,15,17H,12,14,16H2,1-2H3,(H2,23,26,30)/b24-13-. The average Bonchev–Trinajstić information content (AvgIpc) is 3.19. The highest BCUT2D eigenvalue weighted by Crippen LogP contribution is 2.13. The molecule has 1 aromatic heterocycles. The Bertz CT molecular complexity index is 953. The fraction of sp³-hybridized carbons (Fsp3) is 0.273. The van der Waals surface area contributed by atoms with Crippen LogP contribution in [0.25, 0.3) is 0 Å². The van der Waals surface area contributed by atoms with Crippen LogP contribution in [0, 0.1) is 5.92 Å². The minimum Gasteiger partial charge on any atom is -0.487 e. The van der Waals surface area contributed by atoms with Crippen molar-refractivity contribution < 1.29 is 4.74 Å². The van der Waals surface area contributed by atoms with E-state index in [0.717, 1.165) is 23.6 Å². The molecule has 3 rings (SSSR count). The predicted octanol–water partition coefficient (Wildman–Crippen LogP) is 3.36. The van der Waals surface area contributed by atoms with E-state index < -0.39 is 0 Å². The van der Waals surface area contributed by atoms with E-state index in [4.69, 9.17) is 17.0 Å². The lowest BCUT2D eigenvalue weighted by Crippen LogP contribution is -2.34. The topological polar surface area (TPSA) is 76.4 Å². The Morgan fingerprint density at radius 3 is 2.67 bits per heavy atom. The van der Waals surface area contributed by atoms with E-state index in [1.807, 2.05) is 48.7 Å². The SMILES string of the molecule is CC(C)CNC(=S)N/N=C\c1ccc(OCc2cn(Cc3ccccc3)nn2)cc1. The van der Waals surface area contributed by atoms with Gasteiger partial charge in [-0.25, -0.2) is 4.68 Å². The molecule has 0 fully saturated rings. The Kier molecular flexibility index (Phi) is 7.91. The van der Waals surface area contributed by atoms with Crippen LogP contribution in [0.4, 0.5) is 0 Å². The lowest BCUT2D eigenvalue weighted by atomic mass is 10.2. The fourth-order valence-electron chi connectivity index (χ4n) is 2.56. The predicted molar refractivity (Wildman–Crippen MR) is 123 cm³/mol. The first-order valence-electron chi connectivity index (χ1n) is 9.81. The maximum atomic E-state index is 5.80. The van der Waals surface area contributed by atoms with Gasteiger partial charge < -0.3 is 10.1 Å². The van der Waals surface area contributed by atoms with Crippen molar-refractivity contribution in [2.45, 2.75) is 27.0 Å². The maximum Gasteiger partial charge on any atom is 0.186 e. The molecule has 0 saturated carbocycles. The number of ether oxygens (including phenoxy) is 1. The van der Waals surface area contributed by atoms with Crippen LogP contribution in [0.5, 0.6) is 5.75 Å². The number of hydrogen-bond acceptors (Lipinski definition) is 5. The summed E-state index contributed by atoms with van der Waals surface area (Å²) in [4.78, 5) is 0. The lowest BCUT2D eigenvalue weighted by Gasteiger charge is -2.08. The number of thiocarbonyl (C=S) groups is 1. The van der Waals surface area contributed by atoms with Crippen LogP contribution < -0.4 is 15.5 Å². The average molecular weight is 423 g/mol. The second-order valence-corrected chi connectivity index (χ2v) is 7.63. The summed E-state index contributed by atoms with van der Waals surface area (Å²) < 4.78 is 7.61. The minimum absolute atomic E-state index is 0.361. The van der Waals surface area contributed by atoms with Gasteiger partial charge in [0.1, 0.15) is 18.1 Å². The number of hydrogen-bond donors (Lipinski definition) is 2. The summed E-state index contributed by atoms with van der Waals surface area (Å²) in [5, 5.41) is 16.1. The van der Waals surface area contributed by atoms with Crippen LogP contribution in [-0.4, -0.2) is 32.9 Å². The molecule has 0 aliphatic carbocycles. The largest absolute Gasteiger partial charge is 0.487 e. The molecule has 0 aliphatic rings. The molecule has 8 heteroatoms. The van der Waals surface area contributed by atoms with Crippen LogP contribution in [-0.2, 0) is 13.2 Å². The molecule has 156 valence electrons. The van der Waals surface area contributed by atoms with E-state index in [-0.39, 0.29) is 0 Å². The molecular weight excluding hydrogens is 396 g/mol. The van der Waals surface area contributed by atoms with Gasteiger partial charge in [0.2, 0.25) is 0 Å². The lowest BCUT2D eigenvalue weighted by molar-refractivity contribution is 0.301. The van der Waals surface area contributed by atoms with Crippen molar-refractivity contribution in [2.24, 2.45) is 11.0 Å². The number of nitrogens with one attached hydrogen (secondary N) is 2. The van der Waals surface area contributed by atoms with Crippen molar-refractivity contribution in [3.8, 4) is 5.75 Å². The third-order valence-corrected chi connectivity index (χ3v) is 4.33.